The first-order chi connectivity index (χ1) is 10.0. The fourth-order valence-electron chi connectivity index (χ4n) is 2.14. The fourth-order valence-corrected chi connectivity index (χ4v) is 3.09. The first kappa shape index (κ1) is 16.0. The number of carbonyl (C=O) groups excluding carboxylic acids is 1. The summed E-state index contributed by atoms with van der Waals surface area (Å²) in [7, 11) is 1.93. The van der Waals surface area contributed by atoms with Crippen molar-refractivity contribution in [1.29, 1.82) is 0 Å². The van der Waals surface area contributed by atoms with E-state index in [9.17, 15) is 4.79 Å². The van der Waals surface area contributed by atoms with Gasteiger partial charge in [-0.05, 0) is 43.1 Å². The normalized spacial score (nSPS) is 12.4. The van der Waals surface area contributed by atoms with Gasteiger partial charge in [-0.3, -0.25) is 9.69 Å². The molecule has 112 valence electrons. The van der Waals surface area contributed by atoms with Gasteiger partial charge in [0.2, 0.25) is 5.91 Å². The largest absolute Gasteiger partial charge is 0.348 e. The predicted molar refractivity (Wildman–Crippen MR) is 88.7 cm³/mol. The maximum atomic E-state index is 12.0. The van der Waals surface area contributed by atoms with Gasteiger partial charge in [0, 0.05) is 16.4 Å². The summed E-state index contributed by atoms with van der Waals surface area (Å²) in [5, 5.41) is 5.75. The Balaban J connectivity index is 1.82. The monoisotopic (exact) mass is 322 g/mol. The van der Waals surface area contributed by atoms with Crippen LogP contribution >= 0.6 is 22.9 Å². The van der Waals surface area contributed by atoms with E-state index < -0.39 is 0 Å². The number of amides is 1. The Morgan fingerprint density at radius 3 is 2.86 bits per heavy atom. The standard InChI is InChI=1S/C16H19ClN2OS/c1-12(15-7-4-8-21-15)18-16(20)11-19(2)10-13-5-3-6-14(17)9-13/h3-9,12H,10-11H2,1-2H3,(H,18,20)/t12-/m1/s1. The van der Waals surface area contributed by atoms with Crippen LogP contribution in [0, 0.1) is 0 Å². The van der Waals surface area contributed by atoms with Crippen LogP contribution in [0.15, 0.2) is 41.8 Å². The maximum Gasteiger partial charge on any atom is 0.234 e. The highest BCUT2D eigenvalue weighted by molar-refractivity contribution is 7.10. The molecule has 0 aliphatic rings. The zero-order valence-corrected chi connectivity index (χ0v) is 13.7. The number of thiophene rings is 1. The van der Waals surface area contributed by atoms with E-state index in [2.05, 4.69) is 5.32 Å². The van der Waals surface area contributed by atoms with Crippen LogP contribution in [-0.4, -0.2) is 24.4 Å². The summed E-state index contributed by atoms with van der Waals surface area (Å²) in [4.78, 5) is 15.2. The molecular weight excluding hydrogens is 304 g/mol. The lowest BCUT2D eigenvalue weighted by atomic mass is 10.2. The smallest absolute Gasteiger partial charge is 0.234 e. The summed E-state index contributed by atoms with van der Waals surface area (Å²) in [6.45, 7) is 3.06. The molecule has 1 amide bonds. The van der Waals surface area contributed by atoms with E-state index in [0.717, 1.165) is 10.6 Å². The molecule has 1 aromatic carbocycles. The molecule has 0 aliphatic heterocycles. The zero-order valence-electron chi connectivity index (χ0n) is 12.2. The first-order valence-electron chi connectivity index (χ1n) is 6.80. The number of halogens is 1. The highest BCUT2D eigenvalue weighted by atomic mass is 35.5. The molecule has 5 heteroatoms. The van der Waals surface area contributed by atoms with Crippen molar-refractivity contribution in [3.8, 4) is 0 Å². The lowest BCUT2D eigenvalue weighted by molar-refractivity contribution is -0.122. The van der Waals surface area contributed by atoms with Crippen LogP contribution < -0.4 is 5.32 Å². The van der Waals surface area contributed by atoms with Crippen molar-refractivity contribution in [2.24, 2.45) is 0 Å². The summed E-state index contributed by atoms with van der Waals surface area (Å²) in [6, 6.07) is 11.8. The van der Waals surface area contributed by atoms with Crippen LogP contribution in [-0.2, 0) is 11.3 Å². The Labute approximate surface area is 134 Å². The Kier molecular flexibility index (Phi) is 5.79. The Morgan fingerprint density at radius 1 is 1.38 bits per heavy atom. The maximum absolute atomic E-state index is 12.0. The van der Waals surface area contributed by atoms with Crippen molar-refractivity contribution in [3.05, 3.63) is 57.2 Å². The van der Waals surface area contributed by atoms with Gasteiger partial charge in [0.15, 0.2) is 0 Å². The number of hydrogen-bond donors (Lipinski definition) is 1. The molecule has 0 aliphatic carbocycles. The van der Waals surface area contributed by atoms with Crippen LogP contribution in [0.2, 0.25) is 5.02 Å². The molecule has 0 fully saturated rings. The average molecular weight is 323 g/mol. The SMILES string of the molecule is C[C@@H](NC(=O)CN(C)Cc1cccc(Cl)c1)c1cccs1. The van der Waals surface area contributed by atoms with Gasteiger partial charge in [-0.25, -0.2) is 0 Å². The summed E-state index contributed by atoms with van der Waals surface area (Å²) >= 11 is 7.62. The highest BCUT2D eigenvalue weighted by Crippen LogP contribution is 2.18. The van der Waals surface area contributed by atoms with Crippen LogP contribution in [0.25, 0.3) is 0 Å². The minimum Gasteiger partial charge on any atom is -0.348 e. The number of hydrogen-bond acceptors (Lipinski definition) is 3. The van der Waals surface area contributed by atoms with Gasteiger partial charge < -0.3 is 5.32 Å². The van der Waals surface area contributed by atoms with E-state index in [4.69, 9.17) is 11.6 Å². The van der Waals surface area contributed by atoms with Crippen LogP contribution in [0.3, 0.4) is 0 Å². The van der Waals surface area contributed by atoms with Gasteiger partial charge >= 0.3 is 0 Å². The van der Waals surface area contributed by atoms with Crippen LogP contribution in [0.1, 0.15) is 23.4 Å². The van der Waals surface area contributed by atoms with Crippen molar-refractivity contribution >= 4 is 28.8 Å². The number of carbonyl (C=O) groups is 1. The van der Waals surface area contributed by atoms with Crippen molar-refractivity contribution in [2.75, 3.05) is 13.6 Å². The van der Waals surface area contributed by atoms with Crippen molar-refractivity contribution in [2.45, 2.75) is 19.5 Å². The minimum atomic E-state index is 0.0282. The van der Waals surface area contributed by atoms with Crippen molar-refractivity contribution in [1.82, 2.24) is 10.2 Å². The zero-order chi connectivity index (χ0) is 15.2. The topological polar surface area (TPSA) is 32.3 Å². The Morgan fingerprint density at radius 2 is 2.19 bits per heavy atom. The van der Waals surface area contributed by atoms with E-state index in [0.29, 0.717) is 13.1 Å². The van der Waals surface area contributed by atoms with Crippen LogP contribution in [0.5, 0.6) is 0 Å². The van der Waals surface area contributed by atoms with Gasteiger partial charge in [-0.1, -0.05) is 29.8 Å². The number of nitrogens with zero attached hydrogens (tertiary/aromatic N) is 1. The molecule has 0 unspecified atom stereocenters. The Bertz CT molecular complexity index is 586. The van der Waals surface area contributed by atoms with E-state index >= 15 is 0 Å². The van der Waals surface area contributed by atoms with Crippen LogP contribution in [0.4, 0.5) is 0 Å². The second-order valence-electron chi connectivity index (χ2n) is 5.11. The molecule has 0 saturated carbocycles. The molecule has 0 bridgehead atoms. The van der Waals surface area contributed by atoms with Gasteiger partial charge in [0.1, 0.15) is 0 Å². The average Bonchev–Trinajstić information content (AvgIpc) is 2.91. The molecule has 0 saturated heterocycles. The number of likely N-dealkylation sites (N-methyl/N-ethyl adjacent to an activating group) is 1. The van der Waals surface area contributed by atoms with Crippen molar-refractivity contribution in [3.63, 3.8) is 0 Å². The van der Waals surface area contributed by atoms with E-state index in [-0.39, 0.29) is 11.9 Å². The molecule has 1 N–H and O–H groups in total. The molecule has 21 heavy (non-hydrogen) atoms. The second-order valence-corrected chi connectivity index (χ2v) is 6.52. The molecule has 0 spiro atoms. The predicted octanol–water partition coefficient (Wildman–Crippen LogP) is 3.71. The third-order valence-electron chi connectivity index (χ3n) is 3.10. The molecule has 1 heterocycles. The fraction of sp³-hybridized carbons (Fsp3) is 0.312. The summed E-state index contributed by atoms with van der Waals surface area (Å²) in [5.41, 5.74) is 1.10. The minimum absolute atomic E-state index is 0.0282. The second kappa shape index (κ2) is 7.59. The molecule has 2 aromatic rings. The van der Waals surface area contributed by atoms with Crippen molar-refractivity contribution < 1.29 is 4.79 Å². The third kappa shape index (κ3) is 5.16. The summed E-state index contributed by atoms with van der Waals surface area (Å²) < 4.78 is 0. The lowest BCUT2D eigenvalue weighted by Gasteiger charge is -2.18. The van der Waals surface area contributed by atoms with E-state index in [1.165, 1.54) is 4.88 Å². The van der Waals surface area contributed by atoms with E-state index in [1.54, 1.807) is 11.3 Å². The summed E-state index contributed by atoms with van der Waals surface area (Å²) in [6.07, 6.45) is 0. The van der Waals surface area contributed by atoms with Gasteiger partial charge in [-0.2, -0.15) is 0 Å². The molecule has 2 rings (SSSR count). The van der Waals surface area contributed by atoms with Gasteiger partial charge in [0.25, 0.3) is 0 Å². The first-order valence-corrected chi connectivity index (χ1v) is 8.06. The quantitative estimate of drug-likeness (QED) is 0.879. The third-order valence-corrected chi connectivity index (χ3v) is 4.39. The number of rotatable bonds is 6. The lowest BCUT2D eigenvalue weighted by Crippen LogP contribution is -2.36. The Hall–Kier alpha value is -1.36. The number of nitrogens with one attached hydrogen (secondary N) is 1. The van der Waals surface area contributed by atoms with Gasteiger partial charge in [0.05, 0.1) is 12.6 Å². The molecule has 0 radical (unpaired) electrons. The van der Waals surface area contributed by atoms with Gasteiger partial charge in [-0.15, -0.1) is 11.3 Å². The molecule has 3 nitrogen and oxygen atoms in total. The summed E-state index contributed by atoms with van der Waals surface area (Å²) in [5.74, 6) is 0.0282. The molecular formula is C16H19ClN2OS. The number of benzene rings is 1. The van der Waals surface area contributed by atoms with E-state index in [1.807, 2.05) is 60.6 Å². The molecule has 1 aromatic heterocycles. The molecule has 1 atom stereocenters. The highest BCUT2D eigenvalue weighted by Gasteiger charge is 2.12.